The van der Waals surface area contributed by atoms with Gasteiger partial charge in [-0.3, -0.25) is 37.3 Å². The normalized spacial score (nSPS) is 14.3. The summed E-state index contributed by atoms with van der Waals surface area (Å²) < 4.78 is 68.3. The third-order valence-electron chi connectivity index (χ3n) is 17.9. The van der Waals surface area contributed by atoms with E-state index in [0.717, 1.165) is 102 Å². The number of ether oxygens (including phenoxy) is 4. The Labute approximate surface area is 575 Å². The molecule has 94 heavy (non-hydrogen) atoms. The summed E-state index contributed by atoms with van der Waals surface area (Å²) in [5.41, 5.74) is 0. The molecule has 17 nitrogen and oxygen atoms in total. The molecular weight excluding hydrogens is 1230 g/mol. The average Bonchev–Trinajstić information content (AvgIpc) is 1.42. The van der Waals surface area contributed by atoms with E-state index in [2.05, 4.69) is 34.6 Å². The highest BCUT2D eigenvalue weighted by molar-refractivity contribution is 7.47. The molecule has 0 aromatic heterocycles. The lowest BCUT2D eigenvalue weighted by Crippen LogP contribution is -2.30. The zero-order valence-electron chi connectivity index (χ0n) is 61.1. The first-order valence-electron chi connectivity index (χ1n) is 39.2. The van der Waals surface area contributed by atoms with Crippen LogP contribution in [0.25, 0.3) is 0 Å². The van der Waals surface area contributed by atoms with Gasteiger partial charge in [-0.2, -0.15) is 0 Å². The Morgan fingerprint density at radius 2 is 0.511 bits per heavy atom. The summed E-state index contributed by atoms with van der Waals surface area (Å²) in [6, 6.07) is 0. The van der Waals surface area contributed by atoms with Crippen LogP contribution in [0.1, 0.15) is 394 Å². The molecule has 0 aromatic carbocycles. The van der Waals surface area contributed by atoms with E-state index < -0.39 is 97.5 Å². The largest absolute Gasteiger partial charge is 0.472 e. The van der Waals surface area contributed by atoms with Crippen LogP contribution in [0.4, 0.5) is 0 Å². The summed E-state index contributed by atoms with van der Waals surface area (Å²) in [4.78, 5) is 72.5. The van der Waals surface area contributed by atoms with E-state index in [1.807, 2.05) is 0 Å². The van der Waals surface area contributed by atoms with Gasteiger partial charge in [-0.1, -0.05) is 343 Å². The number of carbonyl (C=O) groups is 4. The standard InChI is InChI=1S/C75H146O17P2/c1-6-10-13-16-18-20-22-24-26-28-30-32-34-36-41-45-50-55-60-75(80)92-71(65-86-73(78)59-54-49-44-40-35-33-31-29-27-25-23-21-19-17-14-11-7-2)67-90-94(83,84)88-63-69(76)62-87-93(81,82)89-66-70(64-85-72(77)58-53-47-15-12-8-3)91-74(79)61-56-51-46-42-38-37-39-43-48-52-57-68(5)9-4/h68-71,76H,6-67H2,1-5H3,(H,81,82)(H,83,84)/t68?,69-,70+,71+/m0/s1. The molecule has 558 valence electrons. The lowest BCUT2D eigenvalue weighted by Gasteiger charge is -2.21. The van der Waals surface area contributed by atoms with E-state index in [-0.39, 0.29) is 25.7 Å². The van der Waals surface area contributed by atoms with Gasteiger partial charge in [-0.15, -0.1) is 0 Å². The van der Waals surface area contributed by atoms with Crippen molar-refractivity contribution >= 4 is 39.5 Å². The van der Waals surface area contributed by atoms with Crippen LogP contribution in [0.3, 0.4) is 0 Å². The number of aliphatic hydroxyl groups excluding tert-OH is 1. The first-order valence-corrected chi connectivity index (χ1v) is 42.2. The highest BCUT2D eigenvalue weighted by atomic mass is 31.2. The second kappa shape index (κ2) is 68.2. The number of rotatable bonds is 75. The van der Waals surface area contributed by atoms with E-state index >= 15 is 0 Å². The van der Waals surface area contributed by atoms with Crippen LogP contribution < -0.4 is 0 Å². The van der Waals surface area contributed by atoms with Crippen LogP contribution in [0.15, 0.2) is 0 Å². The predicted molar refractivity (Wildman–Crippen MR) is 382 cm³/mol. The van der Waals surface area contributed by atoms with Crippen molar-refractivity contribution in [3.8, 4) is 0 Å². The van der Waals surface area contributed by atoms with Crippen LogP contribution in [0.2, 0.25) is 0 Å². The predicted octanol–water partition coefficient (Wildman–Crippen LogP) is 22.1. The molecule has 0 saturated heterocycles. The lowest BCUT2D eigenvalue weighted by atomic mass is 9.99. The molecule has 0 aromatic rings. The van der Waals surface area contributed by atoms with Crippen LogP contribution >= 0.6 is 15.6 Å². The van der Waals surface area contributed by atoms with E-state index in [4.69, 9.17) is 37.0 Å². The first-order chi connectivity index (χ1) is 45.6. The highest BCUT2D eigenvalue weighted by Gasteiger charge is 2.30. The Morgan fingerprint density at radius 1 is 0.298 bits per heavy atom. The van der Waals surface area contributed by atoms with E-state index in [9.17, 15) is 43.2 Å². The Bertz CT molecular complexity index is 1810. The second-order valence-corrected chi connectivity index (χ2v) is 30.2. The van der Waals surface area contributed by atoms with Crippen molar-refractivity contribution in [2.24, 2.45) is 5.92 Å². The summed E-state index contributed by atoms with van der Waals surface area (Å²) >= 11 is 0. The molecule has 0 bridgehead atoms. The smallest absolute Gasteiger partial charge is 0.462 e. The van der Waals surface area contributed by atoms with E-state index in [1.54, 1.807) is 0 Å². The molecule has 3 unspecified atom stereocenters. The SMILES string of the molecule is CCCCCCCCCCCCCCCCCCCCC(=O)O[C@H](COC(=O)CCCCCCCCCCCCCCCCCCC)COP(=O)(O)OC[C@@H](O)COP(=O)(O)OC[C@@H](COC(=O)CCCCCCC)OC(=O)CCCCCCCCCCCCC(C)CC. The fourth-order valence-corrected chi connectivity index (χ4v) is 13.1. The first kappa shape index (κ1) is 92.1. The monoisotopic (exact) mass is 1380 g/mol. The van der Waals surface area contributed by atoms with Crippen LogP contribution in [0.5, 0.6) is 0 Å². The zero-order chi connectivity index (χ0) is 69.1. The summed E-state index contributed by atoms with van der Waals surface area (Å²) in [6.45, 7) is 7.22. The summed E-state index contributed by atoms with van der Waals surface area (Å²) in [5.74, 6) is -1.32. The highest BCUT2D eigenvalue weighted by Crippen LogP contribution is 2.45. The Balaban J connectivity index is 5.15. The summed E-state index contributed by atoms with van der Waals surface area (Å²) in [5, 5.41) is 10.6. The van der Waals surface area contributed by atoms with Crippen molar-refractivity contribution in [2.75, 3.05) is 39.6 Å². The fourth-order valence-electron chi connectivity index (χ4n) is 11.5. The van der Waals surface area contributed by atoms with Gasteiger partial charge in [0.25, 0.3) is 0 Å². The minimum atomic E-state index is -4.95. The molecule has 0 saturated carbocycles. The summed E-state index contributed by atoms with van der Waals surface area (Å²) in [7, 11) is -9.90. The van der Waals surface area contributed by atoms with E-state index in [0.29, 0.717) is 25.7 Å². The van der Waals surface area contributed by atoms with E-state index in [1.165, 1.54) is 212 Å². The molecule has 0 fully saturated rings. The summed E-state index contributed by atoms with van der Waals surface area (Å²) in [6.07, 6.45) is 57.2. The molecule has 0 aliphatic heterocycles. The molecule has 0 rings (SSSR count). The Kier molecular flexibility index (Phi) is 66.8. The maximum Gasteiger partial charge on any atom is 0.472 e. The van der Waals surface area contributed by atoms with Crippen LogP contribution in [0, 0.1) is 5.92 Å². The van der Waals surface area contributed by atoms with Crippen molar-refractivity contribution in [1.82, 2.24) is 0 Å². The van der Waals surface area contributed by atoms with Gasteiger partial charge in [0.05, 0.1) is 26.4 Å². The zero-order valence-corrected chi connectivity index (χ0v) is 62.9. The number of carbonyl (C=O) groups excluding carboxylic acids is 4. The van der Waals surface area contributed by atoms with Crippen molar-refractivity contribution in [3.63, 3.8) is 0 Å². The van der Waals surface area contributed by atoms with Crippen molar-refractivity contribution in [1.29, 1.82) is 0 Å². The molecular formula is C75H146O17P2. The molecule has 0 aliphatic rings. The molecule has 0 amide bonds. The maximum absolute atomic E-state index is 13.1. The van der Waals surface area contributed by atoms with Crippen LogP contribution in [-0.4, -0.2) is 96.7 Å². The number of hydrogen-bond acceptors (Lipinski definition) is 15. The average molecular weight is 1380 g/mol. The lowest BCUT2D eigenvalue weighted by molar-refractivity contribution is -0.161. The quantitative estimate of drug-likeness (QED) is 0.0222. The minimum Gasteiger partial charge on any atom is -0.462 e. The number of phosphoric acid groups is 2. The van der Waals surface area contributed by atoms with Gasteiger partial charge in [-0.05, 0) is 31.6 Å². The van der Waals surface area contributed by atoms with Gasteiger partial charge in [0.2, 0.25) is 0 Å². The number of hydrogen-bond donors (Lipinski definition) is 3. The van der Waals surface area contributed by atoms with Crippen LogP contribution in [-0.2, 0) is 65.4 Å². The van der Waals surface area contributed by atoms with Gasteiger partial charge in [0, 0.05) is 25.7 Å². The fraction of sp³-hybridized carbons (Fsp3) is 0.947. The molecule has 0 aliphatic carbocycles. The maximum atomic E-state index is 13.1. The molecule has 0 heterocycles. The Hall–Kier alpha value is -1.94. The van der Waals surface area contributed by atoms with Gasteiger partial charge in [0.1, 0.15) is 19.3 Å². The number of aliphatic hydroxyl groups is 1. The second-order valence-electron chi connectivity index (χ2n) is 27.3. The van der Waals surface area contributed by atoms with Crippen molar-refractivity contribution in [2.45, 2.75) is 412 Å². The van der Waals surface area contributed by atoms with Gasteiger partial charge >= 0.3 is 39.5 Å². The van der Waals surface area contributed by atoms with Gasteiger partial charge in [-0.25, -0.2) is 9.13 Å². The molecule has 0 spiro atoms. The molecule has 6 atom stereocenters. The third kappa shape index (κ3) is 67.3. The molecule has 3 N–H and O–H groups in total. The van der Waals surface area contributed by atoms with Crippen molar-refractivity contribution < 1.29 is 80.2 Å². The van der Waals surface area contributed by atoms with Gasteiger partial charge in [0.15, 0.2) is 12.2 Å². The van der Waals surface area contributed by atoms with Crippen molar-refractivity contribution in [3.05, 3.63) is 0 Å². The number of esters is 4. The number of phosphoric ester groups is 2. The minimum absolute atomic E-state index is 0.106. The number of unbranched alkanes of at least 4 members (excludes halogenated alkanes) is 46. The molecule has 0 radical (unpaired) electrons. The molecule has 19 heteroatoms. The third-order valence-corrected chi connectivity index (χ3v) is 19.8. The Morgan fingerprint density at radius 3 is 0.755 bits per heavy atom. The van der Waals surface area contributed by atoms with Gasteiger partial charge < -0.3 is 33.8 Å². The topological polar surface area (TPSA) is 237 Å².